The Balaban J connectivity index is 1.38. The van der Waals surface area contributed by atoms with E-state index in [0.29, 0.717) is 0 Å². The van der Waals surface area contributed by atoms with Gasteiger partial charge in [0, 0.05) is 12.7 Å². The lowest BCUT2D eigenvalue weighted by Crippen LogP contribution is -2.63. The zero-order valence-electron chi connectivity index (χ0n) is 19.3. The number of carbonyl (C=O) groups excluding carboxylic acids is 1. The van der Waals surface area contributed by atoms with Crippen molar-refractivity contribution in [3.05, 3.63) is 108 Å². The van der Waals surface area contributed by atoms with E-state index in [1.54, 1.807) is 0 Å². The number of esters is 1. The van der Waals surface area contributed by atoms with Crippen LogP contribution in [0, 0.1) is 0 Å². The number of aliphatic hydroxyl groups excluding tert-OH is 1. The zero-order chi connectivity index (χ0) is 24.2. The van der Waals surface area contributed by atoms with E-state index in [1.165, 1.54) is 7.11 Å². The third-order valence-corrected chi connectivity index (χ3v) is 6.37. The molecule has 35 heavy (non-hydrogen) atoms. The molecule has 0 saturated carbocycles. The van der Waals surface area contributed by atoms with Gasteiger partial charge in [-0.05, 0) is 11.1 Å². The van der Waals surface area contributed by atoms with Gasteiger partial charge < -0.3 is 28.8 Å². The highest BCUT2D eigenvalue weighted by Crippen LogP contribution is 2.36. The van der Waals surface area contributed by atoms with Gasteiger partial charge in [-0.25, -0.2) is 0 Å². The van der Waals surface area contributed by atoms with Gasteiger partial charge in [-0.1, -0.05) is 91.0 Å². The Hall–Kier alpha value is -3.07. The topological polar surface area (TPSA) is 83.5 Å². The normalized spacial score (nSPS) is 28.3. The van der Waals surface area contributed by atoms with E-state index in [1.807, 2.05) is 91.0 Å². The van der Waals surface area contributed by atoms with Gasteiger partial charge in [0.2, 0.25) is 0 Å². The van der Waals surface area contributed by atoms with Gasteiger partial charge in [-0.2, -0.15) is 0 Å². The molecule has 1 unspecified atom stereocenters. The largest absolute Gasteiger partial charge is 0.453 e. The van der Waals surface area contributed by atoms with Crippen LogP contribution in [0.2, 0.25) is 0 Å². The molecule has 7 heteroatoms. The lowest BCUT2D eigenvalue weighted by Gasteiger charge is -2.47. The van der Waals surface area contributed by atoms with Crippen LogP contribution < -0.4 is 0 Å². The number of ether oxygens (including phenoxy) is 5. The molecule has 2 fully saturated rings. The summed E-state index contributed by atoms with van der Waals surface area (Å²) in [6.07, 6.45) is -5.22. The van der Waals surface area contributed by atoms with Gasteiger partial charge in [-0.3, -0.25) is 4.79 Å². The highest BCUT2D eigenvalue weighted by molar-refractivity contribution is 5.82. The Kier molecular flexibility index (Phi) is 7.22. The second-order valence-electron chi connectivity index (χ2n) is 8.60. The van der Waals surface area contributed by atoms with Crippen LogP contribution in [0.4, 0.5) is 0 Å². The van der Waals surface area contributed by atoms with Crippen molar-refractivity contribution in [2.75, 3.05) is 13.7 Å². The molecule has 0 aliphatic carbocycles. The predicted molar refractivity (Wildman–Crippen MR) is 126 cm³/mol. The monoisotopic (exact) mass is 476 g/mol. The maximum atomic E-state index is 13.6. The first-order valence-electron chi connectivity index (χ1n) is 11.6. The van der Waals surface area contributed by atoms with Crippen molar-refractivity contribution in [1.29, 1.82) is 0 Å². The van der Waals surface area contributed by atoms with Gasteiger partial charge >= 0.3 is 5.97 Å². The van der Waals surface area contributed by atoms with E-state index in [4.69, 9.17) is 23.7 Å². The maximum Gasteiger partial charge on any atom is 0.318 e. The fourth-order valence-electron chi connectivity index (χ4n) is 4.62. The van der Waals surface area contributed by atoms with Crippen LogP contribution in [0.15, 0.2) is 91.0 Å². The van der Waals surface area contributed by atoms with Crippen molar-refractivity contribution < 1.29 is 33.6 Å². The molecule has 182 valence electrons. The third-order valence-electron chi connectivity index (χ3n) is 6.37. The Bertz CT molecular complexity index is 1050. The van der Waals surface area contributed by atoms with Gasteiger partial charge in [-0.15, -0.1) is 0 Å². The van der Waals surface area contributed by atoms with E-state index in [2.05, 4.69) is 0 Å². The smallest absolute Gasteiger partial charge is 0.318 e. The molecule has 5 rings (SSSR count). The first kappa shape index (κ1) is 23.7. The molecule has 0 bridgehead atoms. The highest BCUT2D eigenvalue weighted by Gasteiger charge is 2.51. The summed E-state index contributed by atoms with van der Waals surface area (Å²) >= 11 is 0. The molecule has 2 heterocycles. The molecular weight excluding hydrogens is 448 g/mol. The fraction of sp³-hybridized carbons (Fsp3) is 0.321. The van der Waals surface area contributed by atoms with Crippen molar-refractivity contribution in [2.24, 2.45) is 0 Å². The fourth-order valence-corrected chi connectivity index (χ4v) is 4.62. The van der Waals surface area contributed by atoms with Crippen LogP contribution in [0.5, 0.6) is 0 Å². The number of methoxy groups -OCH3 is 1. The average Bonchev–Trinajstić information content (AvgIpc) is 2.92. The van der Waals surface area contributed by atoms with Crippen LogP contribution in [0.1, 0.15) is 28.9 Å². The zero-order valence-corrected chi connectivity index (χ0v) is 19.3. The molecular formula is C28H28O7. The Labute approximate surface area is 204 Å². The molecule has 2 aliphatic rings. The molecule has 0 radical (unpaired) electrons. The number of fused-ring (bicyclic) bond motifs is 1. The molecule has 3 aromatic carbocycles. The van der Waals surface area contributed by atoms with Crippen LogP contribution in [0.25, 0.3) is 0 Å². The quantitative estimate of drug-likeness (QED) is 0.545. The van der Waals surface area contributed by atoms with Crippen LogP contribution in [-0.2, 0) is 28.5 Å². The van der Waals surface area contributed by atoms with Crippen molar-refractivity contribution in [3.63, 3.8) is 0 Å². The summed E-state index contributed by atoms with van der Waals surface area (Å²) in [5.74, 6) is -1.19. The number of carbonyl (C=O) groups is 1. The van der Waals surface area contributed by atoms with Gasteiger partial charge in [0.25, 0.3) is 0 Å². The van der Waals surface area contributed by atoms with E-state index in [0.717, 1.165) is 16.7 Å². The van der Waals surface area contributed by atoms with Crippen molar-refractivity contribution >= 4 is 5.97 Å². The summed E-state index contributed by atoms with van der Waals surface area (Å²) in [5, 5.41) is 11.3. The van der Waals surface area contributed by atoms with Crippen molar-refractivity contribution in [1.82, 2.24) is 0 Å². The molecule has 0 aromatic heterocycles. The summed E-state index contributed by atoms with van der Waals surface area (Å²) in [6, 6.07) is 28.3. The lowest BCUT2D eigenvalue weighted by atomic mass is 9.91. The third kappa shape index (κ3) is 5.00. The minimum atomic E-state index is -1.18. The van der Waals surface area contributed by atoms with E-state index >= 15 is 0 Å². The summed E-state index contributed by atoms with van der Waals surface area (Å²) in [6.45, 7) is 0.207. The molecule has 7 nitrogen and oxygen atoms in total. The maximum absolute atomic E-state index is 13.6. The molecule has 6 atom stereocenters. The van der Waals surface area contributed by atoms with Gasteiger partial charge in [0.1, 0.15) is 24.2 Å². The minimum absolute atomic E-state index is 0.207. The number of aliphatic hydroxyl groups is 1. The van der Waals surface area contributed by atoms with E-state index in [-0.39, 0.29) is 6.61 Å². The first-order chi connectivity index (χ1) is 17.2. The predicted octanol–water partition coefficient (Wildman–Crippen LogP) is 3.58. The average molecular weight is 477 g/mol. The molecule has 3 aromatic rings. The Morgan fingerprint density at radius 1 is 0.886 bits per heavy atom. The van der Waals surface area contributed by atoms with Crippen molar-refractivity contribution in [3.8, 4) is 0 Å². The van der Waals surface area contributed by atoms with Gasteiger partial charge in [0.15, 0.2) is 18.7 Å². The minimum Gasteiger partial charge on any atom is -0.453 e. The Morgan fingerprint density at radius 2 is 1.46 bits per heavy atom. The second kappa shape index (κ2) is 10.7. The molecule has 2 aliphatic heterocycles. The number of rotatable bonds is 6. The molecule has 2 saturated heterocycles. The highest BCUT2D eigenvalue weighted by atomic mass is 16.8. The number of hydrogen-bond acceptors (Lipinski definition) is 7. The van der Waals surface area contributed by atoms with Crippen LogP contribution in [-0.4, -0.2) is 55.5 Å². The van der Waals surface area contributed by atoms with E-state index < -0.39 is 48.9 Å². The van der Waals surface area contributed by atoms with Crippen LogP contribution in [0.3, 0.4) is 0 Å². The molecule has 0 spiro atoms. The Morgan fingerprint density at radius 3 is 2.03 bits per heavy atom. The van der Waals surface area contributed by atoms with Crippen LogP contribution >= 0.6 is 0 Å². The number of benzene rings is 3. The standard InChI is InChI=1S/C28H28O7/c1-31-28-25(23(29)24-21(33-28)17-32-27(35-24)20-15-9-4-10-16-20)34-26(30)22(18-11-5-2-6-12-18)19-13-7-3-8-14-19/h2-16,21-25,27-29H,17H2,1H3/t21-,23+,24-,25-,27?,28+/m1/s1. The second-order valence-corrected chi connectivity index (χ2v) is 8.60. The number of hydrogen-bond donors (Lipinski definition) is 1. The summed E-state index contributed by atoms with van der Waals surface area (Å²) in [5.41, 5.74) is 2.40. The molecule has 1 N–H and O–H groups in total. The summed E-state index contributed by atoms with van der Waals surface area (Å²) < 4.78 is 29.3. The lowest BCUT2D eigenvalue weighted by molar-refractivity contribution is -0.359. The summed E-state index contributed by atoms with van der Waals surface area (Å²) in [7, 11) is 1.45. The van der Waals surface area contributed by atoms with Crippen molar-refractivity contribution in [2.45, 2.75) is 42.9 Å². The molecule has 0 amide bonds. The van der Waals surface area contributed by atoms with E-state index in [9.17, 15) is 9.90 Å². The van der Waals surface area contributed by atoms with Gasteiger partial charge in [0.05, 0.1) is 6.61 Å². The summed E-state index contributed by atoms with van der Waals surface area (Å²) in [4.78, 5) is 13.6. The SMILES string of the molecule is CO[C@H]1O[C@@H]2COC(c3ccccc3)O[C@H]2[C@H](O)[C@H]1OC(=O)C(c1ccccc1)c1ccccc1. The first-order valence-corrected chi connectivity index (χ1v) is 11.6.